The quantitative estimate of drug-likeness (QED) is 0.444. The van der Waals surface area contributed by atoms with Crippen molar-refractivity contribution in [2.75, 3.05) is 5.32 Å². The van der Waals surface area contributed by atoms with Crippen LogP contribution in [0.1, 0.15) is 27.6 Å². The average Bonchev–Trinajstić information content (AvgIpc) is 3.48. The van der Waals surface area contributed by atoms with Gasteiger partial charge in [0, 0.05) is 29.9 Å². The lowest BCUT2D eigenvalue weighted by molar-refractivity contribution is 0.102. The minimum absolute atomic E-state index is 0.254. The predicted octanol–water partition coefficient (Wildman–Crippen LogP) is 4.69. The zero-order valence-corrected chi connectivity index (χ0v) is 17.9. The van der Waals surface area contributed by atoms with Crippen molar-refractivity contribution >= 4 is 28.6 Å². The Morgan fingerprint density at radius 1 is 1.10 bits per heavy atom. The van der Waals surface area contributed by atoms with E-state index >= 15 is 0 Å². The average molecular weight is 430 g/mol. The Morgan fingerprint density at radius 2 is 1.94 bits per heavy atom. The van der Waals surface area contributed by atoms with E-state index < -0.39 is 0 Å². The number of carbonyl (C=O) groups is 1. The molecule has 0 bridgehead atoms. The van der Waals surface area contributed by atoms with Gasteiger partial charge in [0.15, 0.2) is 0 Å². The molecule has 0 spiro atoms. The number of anilines is 1. The zero-order valence-electron chi connectivity index (χ0n) is 17.1. The Hall–Kier alpha value is -3.85. The lowest BCUT2D eigenvalue weighted by atomic mass is 10.1. The first-order valence-corrected chi connectivity index (χ1v) is 10.5. The van der Waals surface area contributed by atoms with Crippen LogP contribution in [0.2, 0.25) is 0 Å². The topological polar surface area (TPSA) is 98.2 Å². The fourth-order valence-corrected chi connectivity index (χ4v) is 4.16. The molecule has 9 heteroatoms. The zero-order chi connectivity index (χ0) is 21.5. The molecule has 0 aliphatic heterocycles. The molecule has 1 aromatic carbocycles. The molecule has 154 valence electrons. The van der Waals surface area contributed by atoms with Gasteiger partial charge in [0.05, 0.1) is 22.3 Å². The number of imidazole rings is 1. The molecule has 0 saturated carbocycles. The molecule has 8 nitrogen and oxygen atoms in total. The van der Waals surface area contributed by atoms with Gasteiger partial charge < -0.3 is 9.84 Å². The second kappa shape index (κ2) is 7.44. The second-order valence-corrected chi connectivity index (χ2v) is 8.03. The van der Waals surface area contributed by atoms with E-state index in [0.717, 1.165) is 27.3 Å². The summed E-state index contributed by atoms with van der Waals surface area (Å²) in [4.78, 5) is 27.1. The van der Waals surface area contributed by atoms with E-state index in [1.807, 2.05) is 55.9 Å². The Morgan fingerprint density at radius 3 is 2.68 bits per heavy atom. The van der Waals surface area contributed by atoms with Gasteiger partial charge in [-0.25, -0.2) is 9.97 Å². The van der Waals surface area contributed by atoms with Crippen molar-refractivity contribution in [3.8, 4) is 21.8 Å². The fourth-order valence-electron chi connectivity index (χ4n) is 3.36. The number of hydrogen-bond donors (Lipinski definition) is 1. The molecule has 0 radical (unpaired) electrons. The molecular weight excluding hydrogens is 412 g/mol. The lowest BCUT2D eigenvalue weighted by Gasteiger charge is -2.10. The van der Waals surface area contributed by atoms with E-state index in [0.29, 0.717) is 28.7 Å². The van der Waals surface area contributed by atoms with Gasteiger partial charge in [-0.2, -0.15) is 4.98 Å². The highest BCUT2D eigenvalue weighted by Crippen LogP contribution is 2.28. The standard InChI is InChI=1S/C22H18N6O2S/c1-12-4-5-15(21-25-14(3)30-27-21)8-17(12)26-22(29)18-9-23-19-7-6-16(10-28(18)19)20-13(2)24-11-31-20/h4-11H,1-3H3,(H,26,29). The van der Waals surface area contributed by atoms with Crippen molar-refractivity contribution in [1.29, 1.82) is 0 Å². The molecule has 1 amide bonds. The number of carbonyl (C=O) groups excluding carboxylic acids is 1. The van der Waals surface area contributed by atoms with E-state index in [1.54, 1.807) is 28.9 Å². The molecule has 4 aromatic heterocycles. The summed E-state index contributed by atoms with van der Waals surface area (Å²) >= 11 is 1.57. The van der Waals surface area contributed by atoms with E-state index in [2.05, 4.69) is 25.4 Å². The highest BCUT2D eigenvalue weighted by molar-refractivity contribution is 7.13. The van der Waals surface area contributed by atoms with Crippen LogP contribution in [-0.4, -0.2) is 30.4 Å². The van der Waals surface area contributed by atoms with Gasteiger partial charge in [0.2, 0.25) is 11.7 Å². The molecule has 0 saturated heterocycles. The molecule has 0 unspecified atom stereocenters. The molecule has 0 atom stereocenters. The maximum Gasteiger partial charge on any atom is 0.274 e. The third kappa shape index (κ3) is 3.49. The number of thiazole rings is 1. The Balaban J connectivity index is 1.49. The molecule has 4 heterocycles. The third-order valence-corrected chi connectivity index (χ3v) is 6.00. The Kier molecular flexibility index (Phi) is 4.59. The summed E-state index contributed by atoms with van der Waals surface area (Å²) in [6.07, 6.45) is 3.50. The SMILES string of the molecule is Cc1nc(-c2ccc(C)c(NC(=O)c3cnc4ccc(-c5scnc5C)cn34)c2)no1. The van der Waals surface area contributed by atoms with Gasteiger partial charge in [-0.15, -0.1) is 11.3 Å². The van der Waals surface area contributed by atoms with E-state index in [1.165, 1.54) is 0 Å². The predicted molar refractivity (Wildman–Crippen MR) is 118 cm³/mol. The molecule has 31 heavy (non-hydrogen) atoms. The van der Waals surface area contributed by atoms with Crippen molar-refractivity contribution in [1.82, 2.24) is 24.5 Å². The van der Waals surface area contributed by atoms with Crippen LogP contribution >= 0.6 is 11.3 Å². The van der Waals surface area contributed by atoms with Crippen molar-refractivity contribution in [2.45, 2.75) is 20.8 Å². The minimum Gasteiger partial charge on any atom is -0.339 e. The molecule has 1 N–H and O–H groups in total. The number of aromatic nitrogens is 5. The third-order valence-electron chi connectivity index (χ3n) is 5.02. The summed E-state index contributed by atoms with van der Waals surface area (Å²) in [5.74, 6) is 0.710. The van der Waals surface area contributed by atoms with Crippen LogP contribution < -0.4 is 5.32 Å². The maximum atomic E-state index is 13.1. The Labute approximate surface area is 181 Å². The molecule has 0 fully saturated rings. The van der Waals surface area contributed by atoms with Crippen molar-refractivity contribution in [2.24, 2.45) is 0 Å². The van der Waals surface area contributed by atoms with Crippen molar-refractivity contribution in [3.05, 3.63) is 71.1 Å². The van der Waals surface area contributed by atoms with Crippen LogP contribution in [0.5, 0.6) is 0 Å². The van der Waals surface area contributed by atoms with Gasteiger partial charge in [-0.3, -0.25) is 9.20 Å². The van der Waals surface area contributed by atoms with Gasteiger partial charge in [-0.1, -0.05) is 17.3 Å². The fraction of sp³-hybridized carbons (Fsp3) is 0.136. The molecule has 5 rings (SSSR count). The summed E-state index contributed by atoms with van der Waals surface area (Å²) in [5, 5.41) is 6.94. The molecule has 5 aromatic rings. The number of nitrogens with one attached hydrogen (secondary N) is 1. The van der Waals surface area contributed by atoms with E-state index in [-0.39, 0.29) is 5.91 Å². The van der Waals surface area contributed by atoms with Crippen LogP contribution in [0.25, 0.3) is 27.5 Å². The van der Waals surface area contributed by atoms with Gasteiger partial charge >= 0.3 is 0 Å². The number of amides is 1. The van der Waals surface area contributed by atoms with Crippen LogP contribution in [-0.2, 0) is 0 Å². The number of hydrogen-bond acceptors (Lipinski definition) is 7. The largest absolute Gasteiger partial charge is 0.339 e. The summed E-state index contributed by atoms with van der Waals surface area (Å²) in [6, 6.07) is 9.54. The lowest BCUT2D eigenvalue weighted by Crippen LogP contribution is -2.15. The number of nitrogens with zero attached hydrogens (tertiary/aromatic N) is 5. The van der Waals surface area contributed by atoms with Gasteiger partial charge in [-0.05, 0) is 37.6 Å². The first-order chi connectivity index (χ1) is 15.0. The number of rotatable bonds is 4. The Bertz CT molecular complexity index is 1430. The first-order valence-electron chi connectivity index (χ1n) is 9.60. The molecular formula is C22H18N6O2S. The molecule has 0 aliphatic carbocycles. The van der Waals surface area contributed by atoms with Crippen LogP contribution in [0.3, 0.4) is 0 Å². The summed E-state index contributed by atoms with van der Waals surface area (Å²) in [6.45, 7) is 5.64. The minimum atomic E-state index is -0.254. The molecule has 0 aliphatic rings. The number of benzene rings is 1. The highest BCUT2D eigenvalue weighted by atomic mass is 32.1. The summed E-state index contributed by atoms with van der Waals surface area (Å²) < 4.78 is 6.86. The van der Waals surface area contributed by atoms with Crippen LogP contribution in [0.4, 0.5) is 5.69 Å². The summed E-state index contributed by atoms with van der Waals surface area (Å²) in [7, 11) is 0. The maximum absolute atomic E-state index is 13.1. The van der Waals surface area contributed by atoms with Crippen molar-refractivity contribution < 1.29 is 9.32 Å². The highest BCUT2D eigenvalue weighted by Gasteiger charge is 2.16. The summed E-state index contributed by atoms with van der Waals surface area (Å²) in [5.41, 5.74) is 7.27. The van der Waals surface area contributed by atoms with Crippen LogP contribution in [0.15, 0.2) is 52.8 Å². The smallest absolute Gasteiger partial charge is 0.274 e. The van der Waals surface area contributed by atoms with E-state index in [9.17, 15) is 4.79 Å². The van der Waals surface area contributed by atoms with Crippen LogP contribution in [0, 0.1) is 20.8 Å². The van der Waals surface area contributed by atoms with Crippen molar-refractivity contribution in [3.63, 3.8) is 0 Å². The second-order valence-electron chi connectivity index (χ2n) is 7.18. The number of pyridine rings is 1. The monoisotopic (exact) mass is 430 g/mol. The first kappa shape index (κ1) is 19.1. The van der Waals surface area contributed by atoms with Gasteiger partial charge in [0.25, 0.3) is 5.91 Å². The number of aryl methyl sites for hydroxylation is 3. The van der Waals surface area contributed by atoms with E-state index in [4.69, 9.17) is 4.52 Å². The number of fused-ring (bicyclic) bond motifs is 1. The van der Waals surface area contributed by atoms with Gasteiger partial charge in [0.1, 0.15) is 11.3 Å². The normalized spacial score (nSPS) is 11.2.